The molecular weight excluding hydrogens is 376 g/mol. The summed E-state index contributed by atoms with van der Waals surface area (Å²) in [6.45, 7) is 1.64. The first kappa shape index (κ1) is 20.3. The second-order valence-electron chi connectivity index (χ2n) is 6.44. The van der Waals surface area contributed by atoms with E-state index in [1.54, 1.807) is 6.08 Å². The molecule has 1 saturated heterocycles. The minimum absolute atomic E-state index is 0.0763. The van der Waals surface area contributed by atoms with Crippen LogP contribution in [0.4, 0.5) is 0 Å². The summed E-state index contributed by atoms with van der Waals surface area (Å²) in [6, 6.07) is 17.9. The lowest BCUT2D eigenvalue weighted by Gasteiger charge is -2.25. The number of hydrogen-bond acceptors (Lipinski definition) is 4. The van der Waals surface area contributed by atoms with Gasteiger partial charge in [0.2, 0.25) is 15.9 Å². The number of nitrogens with one attached hydrogen (secondary N) is 1. The number of hydrogen-bond donors (Lipinski definition) is 1. The maximum Gasteiger partial charge on any atom is 0.244 e. The molecule has 1 N–H and O–H groups in total. The topological polar surface area (TPSA) is 75.7 Å². The molecule has 148 valence electrons. The largest absolute Gasteiger partial charge is 0.379 e. The van der Waals surface area contributed by atoms with Gasteiger partial charge in [-0.15, -0.1) is 0 Å². The SMILES string of the molecule is O=C(C=Cc1cccc(-c2ccccc2)c1)NCCS(=O)(=O)N1CCOCC1. The predicted molar refractivity (Wildman–Crippen MR) is 110 cm³/mol. The minimum atomic E-state index is -3.37. The lowest BCUT2D eigenvalue weighted by atomic mass is 10.0. The van der Waals surface area contributed by atoms with Gasteiger partial charge in [-0.1, -0.05) is 48.5 Å². The monoisotopic (exact) mass is 400 g/mol. The third kappa shape index (κ3) is 5.76. The van der Waals surface area contributed by atoms with Gasteiger partial charge in [-0.2, -0.15) is 4.31 Å². The lowest BCUT2D eigenvalue weighted by molar-refractivity contribution is -0.116. The van der Waals surface area contributed by atoms with Gasteiger partial charge in [-0.3, -0.25) is 4.79 Å². The molecule has 2 aromatic rings. The third-order valence-corrected chi connectivity index (χ3v) is 6.32. The quantitative estimate of drug-likeness (QED) is 0.723. The average molecular weight is 401 g/mol. The first-order valence-electron chi connectivity index (χ1n) is 9.21. The molecule has 0 spiro atoms. The molecule has 1 aliphatic heterocycles. The normalized spacial score (nSPS) is 15.6. The van der Waals surface area contributed by atoms with E-state index >= 15 is 0 Å². The Morgan fingerprint density at radius 2 is 1.75 bits per heavy atom. The van der Waals surface area contributed by atoms with E-state index in [-0.39, 0.29) is 18.2 Å². The van der Waals surface area contributed by atoms with Gasteiger partial charge in [0.25, 0.3) is 0 Å². The van der Waals surface area contributed by atoms with Crippen molar-refractivity contribution in [2.24, 2.45) is 0 Å². The first-order valence-corrected chi connectivity index (χ1v) is 10.8. The van der Waals surface area contributed by atoms with Gasteiger partial charge in [-0.25, -0.2) is 8.42 Å². The fraction of sp³-hybridized carbons (Fsp3) is 0.286. The number of nitrogens with zero attached hydrogens (tertiary/aromatic N) is 1. The van der Waals surface area contributed by atoms with E-state index < -0.39 is 10.0 Å². The molecule has 0 radical (unpaired) electrons. The fourth-order valence-electron chi connectivity index (χ4n) is 2.94. The molecule has 1 heterocycles. The van der Waals surface area contributed by atoms with Crippen LogP contribution in [0.5, 0.6) is 0 Å². The molecule has 1 fully saturated rings. The fourth-order valence-corrected chi connectivity index (χ4v) is 4.26. The predicted octanol–water partition coefficient (Wildman–Crippen LogP) is 2.14. The zero-order valence-electron chi connectivity index (χ0n) is 15.6. The number of carbonyl (C=O) groups excluding carboxylic acids is 1. The molecule has 7 heteroatoms. The molecule has 2 aromatic carbocycles. The summed E-state index contributed by atoms with van der Waals surface area (Å²) in [5.74, 6) is -0.432. The molecule has 0 atom stereocenters. The maximum atomic E-state index is 12.2. The van der Waals surface area contributed by atoms with Gasteiger partial charge >= 0.3 is 0 Å². The van der Waals surface area contributed by atoms with Crippen LogP contribution in [0.25, 0.3) is 17.2 Å². The highest BCUT2D eigenvalue weighted by atomic mass is 32.2. The van der Waals surface area contributed by atoms with Crippen molar-refractivity contribution in [3.05, 3.63) is 66.2 Å². The zero-order valence-corrected chi connectivity index (χ0v) is 16.4. The Kier molecular flexibility index (Phi) is 6.97. The van der Waals surface area contributed by atoms with Crippen LogP contribution in [-0.2, 0) is 19.6 Å². The molecule has 0 unspecified atom stereocenters. The Balaban J connectivity index is 1.51. The van der Waals surface area contributed by atoms with Gasteiger partial charge in [-0.05, 0) is 28.8 Å². The molecule has 28 heavy (non-hydrogen) atoms. The minimum Gasteiger partial charge on any atom is -0.379 e. The van der Waals surface area contributed by atoms with E-state index in [2.05, 4.69) is 5.32 Å². The van der Waals surface area contributed by atoms with Gasteiger partial charge in [0, 0.05) is 25.7 Å². The third-order valence-electron chi connectivity index (χ3n) is 4.44. The molecule has 0 aromatic heterocycles. The van der Waals surface area contributed by atoms with E-state index in [4.69, 9.17) is 4.74 Å². The van der Waals surface area contributed by atoms with Crippen molar-refractivity contribution >= 4 is 22.0 Å². The van der Waals surface area contributed by atoms with Crippen LogP contribution in [0.1, 0.15) is 5.56 Å². The first-order chi connectivity index (χ1) is 13.5. The number of carbonyl (C=O) groups is 1. The zero-order chi connectivity index (χ0) is 19.8. The summed E-state index contributed by atoms with van der Waals surface area (Å²) in [7, 11) is -3.37. The summed E-state index contributed by atoms with van der Waals surface area (Å²) < 4.78 is 31.0. The van der Waals surface area contributed by atoms with E-state index in [1.165, 1.54) is 10.4 Å². The van der Waals surface area contributed by atoms with E-state index in [1.807, 2.05) is 54.6 Å². The Bertz CT molecular complexity index is 920. The number of rotatable bonds is 7. The molecular formula is C21H24N2O4S. The van der Waals surface area contributed by atoms with Crippen molar-refractivity contribution in [2.45, 2.75) is 0 Å². The van der Waals surface area contributed by atoms with Crippen molar-refractivity contribution < 1.29 is 17.9 Å². The summed E-state index contributed by atoms with van der Waals surface area (Å²) in [4.78, 5) is 12.0. The highest BCUT2D eigenvalue weighted by Gasteiger charge is 2.23. The Hall–Kier alpha value is -2.48. The average Bonchev–Trinajstić information content (AvgIpc) is 2.74. The van der Waals surface area contributed by atoms with Crippen LogP contribution >= 0.6 is 0 Å². The summed E-state index contributed by atoms with van der Waals surface area (Å²) in [5, 5.41) is 2.63. The lowest BCUT2D eigenvalue weighted by Crippen LogP contribution is -2.43. The van der Waals surface area contributed by atoms with Crippen LogP contribution < -0.4 is 5.32 Å². The summed E-state index contributed by atoms with van der Waals surface area (Å²) in [6.07, 6.45) is 3.14. The second kappa shape index (κ2) is 9.64. The molecule has 1 aliphatic rings. The van der Waals surface area contributed by atoms with Gasteiger partial charge in [0.05, 0.1) is 19.0 Å². The Morgan fingerprint density at radius 1 is 1.04 bits per heavy atom. The summed E-state index contributed by atoms with van der Waals surface area (Å²) >= 11 is 0. The van der Waals surface area contributed by atoms with Gasteiger partial charge in [0.1, 0.15) is 0 Å². The second-order valence-corrected chi connectivity index (χ2v) is 8.53. The Labute approximate surface area is 165 Å². The molecule has 0 saturated carbocycles. The van der Waals surface area contributed by atoms with E-state index in [9.17, 15) is 13.2 Å². The van der Waals surface area contributed by atoms with E-state index in [0.29, 0.717) is 26.3 Å². The van der Waals surface area contributed by atoms with E-state index in [0.717, 1.165) is 16.7 Å². The Morgan fingerprint density at radius 3 is 2.50 bits per heavy atom. The molecule has 0 bridgehead atoms. The van der Waals surface area contributed by atoms with Crippen LogP contribution in [0, 0.1) is 0 Å². The number of benzene rings is 2. The van der Waals surface area contributed by atoms with Crippen molar-refractivity contribution in [1.29, 1.82) is 0 Å². The number of morpholine rings is 1. The van der Waals surface area contributed by atoms with Crippen molar-refractivity contribution in [3.63, 3.8) is 0 Å². The van der Waals surface area contributed by atoms with Crippen molar-refractivity contribution in [3.8, 4) is 11.1 Å². The van der Waals surface area contributed by atoms with Crippen molar-refractivity contribution in [2.75, 3.05) is 38.6 Å². The number of amides is 1. The molecule has 6 nitrogen and oxygen atoms in total. The highest BCUT2D eigenvalue weighted by molar-refractivity contribution is 7.89. The standard InChI is InChI=1S/C21H24N2O4S/c24-21(22-11-16-28(25,26)23-12-14-27-15-13-23)10-9-18-5-4-8-20(17-18)19-6-2-1-3-7-19/h1-10,17H,11-16H2,(H,22,24). The van der Waals surface area contributed by atoms with Crippen LogP contribution in [0.15, 0.2) is 60.7 Å². The molecule has 0 aliphatic carbocycles. The number of sulfonamides is 1. The summed E-state index contributed by atoms with van der Waals surface area (Å²) in [5.41, 5.74) is 3.08. The molecule has 3 rings (SSSR count). The van der Waals surface area contributed by atoms with Crippen LogP contribution in [0.3, 0.4) is 0 Å². The maximum absolute atomic E-state index is 12.2. The van der Waals surface area contributed by atoms with Crippen molar-refractivity contribution in [1.82, 2.24) is 9.62 Å². The van der Waals surface area contributed by atoms with Gasteiger partial charge < -0.3 is 10.1 Å². The molecule has 1 amide bonds. The smallest absolute Gasteiger partial charge is 0.244 e. The van der Waals surface area contributed by atoms with Gasteiger partial charge in [0.15, 0.2) is 0 Å². The van der Waals surface area contributed by atoms with Crippen LogP contribution in [0.2, 0.25) is 0 Å². The number of ether oxygens (including phenoxy) is 1. The van der Waals surface area contributed by atoms with Crippen LogP contribution in [-0.4, -0.2) is 57.2 Å². The highest BCUT2D eigenvalue weighted by Crippen LogP contribution is 2.20.